The average molecular weight is 354 g/mol. The Hall–Kier alpha value is -1.98. The van der Waals surface area contributed by atoms with Crippen molar-refractivity contribution in [3.8, 4) is 11.1 Å². The molecule has 25 heavy (non-hydrogen) atoms. The van der Waals surface area contributed by atoms with E-state index in [1.54, 1.807) is 23.0 Å². The van der Waals surface area contributed by atoms with Crippen LogP contribution in [0, 0.1) is 6.92 Å². The molecule has 1 aliphatic carbocycles. The number of fused-ring (bicyclic) bond motifs is 2. The third-order valence-electron chi connectivity index (χ3n) is 5.06. The van der Waals surface area contributed by atoms with E-state index in [0.717, 1.165) is 33.6 Å². The van der Waals surface area contributed by atoms with E-state index in [1.807, 2.05) is 6.92 Å². The van der Waals surface area contributed by atoms with Crippen molar-refractivity contribution in [3.63, 3.8) is 0 Å². The van der Waals surface area contributed by atoms with Gasteiger partial charge in [-0.2, -0.15) is 0 Å². The molecule has 0 aliphatic heterocycles. The molecule has 3 aromatic rings. The fourth-order valence-electron chi connectivity index (χ4n) is 3.69. The second-order valence-corrected chi connectivity index (χ2v) is 7.49. The van der Waals surface area contributed by atoms with E-state index >= 15 is 0 Å². The Bertz CT molecular complexity index is 987. The maximum atomic E-state index is 13.1. The van der Waals surface area contributed by atoms with Gasteiger partial charge in [-0.3, -0.25) is 9.36 Å². The van der Waals surface area contributed by atoms with Gasteiger partial charge in [0.15, 0.2) is 0 Å². The van der Waals surface area contributed by atoms with Crippen LogP contribution >= 0.6 is 11.3 Å². The Morgan fingerprint density at radius 1 is 1.24 bits per heavy atom. The van der Waals surface area contributed by atoms with E-state index in [0.29, 0.717) is 13.2 Å². The number of aromatic nitrogens is 2. The predicted molar refractivity (Wildman–Crippen MR) is 103 cm³/mol. The molecule has 1 aliphatic rings. The molecule has 0 saturated heterocycles. The van der Waals surface area contributed by atoms with Gasteiger partial charge < -0.3 is 4.74 Å². The molecule has 0 spiro atoms. The minimum absolute atomic E-state index is 0.0357. The van der Waals surface area contributed by atoms with Crippen molar-refractivity contribution < 1.29 is 4.74 Å². The van der Waals surface area contributed by atoms with Crippen LogP contribution in [0.1, 0.15) is 29.8 Å². The normalized spacial score (nSPS) is 14.0. The summed E-state index contributed by atoms with van der Waals surface area (Å²) in [6.07, 6.45) is 4.85. The molecule has 1 aromatic carbocycles. The van der Waals surface area contributed by atoms with Gasteiger partial charge in [0.25, 0.3) is 5.56 Å². The zero-order valence-corrected chi connectivity index (χ0v) is 15.5. The van der Waals surface area contributed by atoms with Crippen LogP contribution in [0.5, 0.6) is 0 Å². The highest BCUT2D eigenvalue weighted by Crippen LogP contribution is 2.33. The minimum Gasteiger partial charge on any atom is -0.383 e. The second kappa shape index (κ2) is 6.73. The summed E-state index contributed by atoms with van der Waals surface area (Å²) in [6.45, 7) is 2.92. The first-order valence-electron chi connectivity index (χ1n) is 8.79. The third kappa shape index (κ3) is 2.92. The van der Waals surface area contributed by atoms with Gasteiger partial charge in [0.05, 0.1) is 18.5 Å². The third-order valence-corrected chi connectivity index (χ3v) is 5.94. The second-order valence-electron chi connectivity index (χ2n) is 6.63. The van der Waals surface area contributed by atoms with Crippen LogP contribution in [0.4, 0.5) is 0 Å². The molecule has 0 amide bonds. The molecule has 4 rings (SSSR count). The monoisotopic (exact) mass is 354 g/mol. The van der Waals surface area contributed by atoms with E-state index < -0.39 is 0 Å². The fourth-order valence-corrected chi connectivity index (χ4v) is 4.67. The summed E-state index contributed by atoms with van der Waals surface area (Å²) in [4.78, 5) is 18.5. The van der Waals surface area contributed by atoms with E-state index in [1.165, 1.54) is 30.4 Å². The number of benzene rings is 1. The first-order chi connectivity index (χ1) is 12.2. The Morgan fingerprint density at radius 2 is 2.04 bits per heavy atom. The molecule has 0 fully saturated rings. The average Bonchev–Trinajstić information content (AvgIpc) is 3.05. The number of hydrogen-bond donors (Lipinski definition) is 0. The number of thiophene rings is 1. The topological polar surface area (TPSA) is 44.1 Å². The maximum absolute atomic E-state index is 13.1. The van der Waals surface area contributed by atoms with Gasteiger partial charge >= 0.3 is 0 Å². The zero-order valence-electron chi connectivity index (χ0n) is 14.7. The molecule has 0 atom stereocenters. The van der Waals surface area contributed by atoms with Gasteiger partial charge in [-0.25, -0.2) is 4.98 Å². The number of hydrogen-bond acceptors (Lipinski definition) is 4. The summed E-state index contributed by atoms with van der Waals surface area (Å²) in [7, 11) is 1.65. The zero-order chi connectivity index (χ0) is 17.4. The summed E-state index contributed by atoms with van der Waals surface area (Å²) < 4.78 is 6.86. The van der Waals surface area contributed by atoms with Gasteiger partial charge in [-0.05, 0) is 49.3 Å². The van der Waals surface area contributed by atoms with Crippen LogP contribution in [0.15, 0.2) is 28.4 Å². The van der Waals surface area contributed by atoms with Crippen LogP contribution in [0.3, 0.4) is 0 Å². The van der Waals surface area contributed by atoms with E-state index in [2.05, 4.69) is 28.6 Å². The van der Waals surface area contributed by atoms with Crippen molar-refractivity contribution in [1.29, 1.82) is 0 Å². The van der Waals surface area contributed by atoms with Crippen LogP contribution in [-0.4, -0.2) is 23.3 Å². The molecule has 4 nitrogen and oxygen atoms in total. The first kappa shape index (κ1) is 16.5. The van der Waals surface area contributed by atoms with Gasteiger partial charge in [0, 0.05) is 18.1 Å². The molecule has 0 unspecified atom stereocenters. The van der Waals surface area contributed by atoms with E-state index in [4.69, 9.17) is 4.74 Å². The lowest BCUT2D eigenvalue weighted by Crippen LogP contribution is -2.25. The molecular formula is C20H22N2O2S. The van der Waals surface area contributed by atoms with Crippen molar-refractivity contribution in [2.24, 2.45) is 0 Å². The molecule has 0 bridgehead atoms. The highest BCUT2D eigenvalue weighted by molar-refractivity contribution is 7.17. The van der Waals surface area contributed by atoms with Gasteiger partial charge in [0.1, 0.15) is 10.7 Å². The number of methoxy groups -OCH3 is 1. The molecule has 2 aromatic heterocycles. The highest BCUT2D eigenvalue weighted by Gasteiger charge is 2.17. The fraction of sp³-hybridized carbons (Fsp3) is 0.400. The summed E-state index contributed by atoms with van der Waals surface area (Å²) in [6, 6.07) is 6.66. The number of ether oxygens (including phenoxy) is 1. The van der Waals surface area contributed by atoms with Crippen LogP contribution in [-0.2, 0) is 24.1 Å². The van der Waals surface area contributed by atoms with E-state index in [-0.39, 0.29) is 5.56 Å². The van der Waals surface area contributed by atoms with Crippen molar-refractivity contribution in [2.75, 3.05) is 13.7 Å². The van der Waals surface area contributed by atoms with Crippen LogP contribution in [0.25, 0.3) is 21.3 Å². The Labute approximate surface area is 151 Å². The Balaban J connectivity index is 1.87. The lowest BCUT2D eigenvalue weighted by molar-refractivity contribution is 0.185. The summed E-state index contributed by atoms with van der Waals surface area (Å²) in [5.74, 6) is 0.744. The molecule has 0 N–H and O–H groups in total. The molecule has 0 saturated carbocycles. The van der Waals surface area contributed by atoms with Crippen molar-refractivity contribution >= 4 is 21.6 Å². The maximum Gasteiger partial charge on any atom is 0.262 e. The highest BCUT2D eigenvalue weighted by atomic mass is 32.1. The van der Waals surface area contributed by atoms with Crippen molar-refractivity contribution in [2.45, 2.75) is 39.2 Å². The molecule has 0 radical (unpaired) electrons. The number of nitrogens with zero attached hydrogens (tertiary/aromatic N) is 2. The Morgan fingerprint density at radius 3 is 2.84 bits per heavy atom. The first-order valence-corrected chi connectivity index (χ1v) is 9.66. The summed E-state index contributed by atoms with van der Waals surface area (Å²) in [5, 5.41) is 2.81. The van der Waals surface area contributed by atoms with Crippen LogP contribution in [0.2, 0.25) is 0 Å². The molecule has 2 heterocycles. The van der Waals surface area contributed by atoms with Crippen LogP contribution < -0.4 is 5.56 Å². The lowest BCUT2D eigenvalue weighted by Gasteiger charge is -2.16. The molecular weight excluding hydrogens is 332 g/mol. The minimum atomic E-state index is 0.0357. The Kier molecular flexibility index (Phi) is 4.44. The molecule has 130 valence electrons. The lowest BCUT2D eigenvalue weighted by atomic mass is 9.89. The summed E-state index contributed by atoms with van der Waals surface area (Å²) in [5.41, 5.74) is 5.07. The smallest absolute Gasteiger partial charge is 0.262 e. The van der Waals surface area contributed by atoms with Crippen molar-refractivity contribution in [1.82, 2.24) is 9.55 Å². The van der Waals surface area contributed by atoms with E-state index in [9.17, 15) is 4.79 Å². The number of rotatable bonds is 4. The van der Waals surface area contributed by atoms with Crippen molar-refractivity contribution in [3.05, 3.63) is 50.9 Å². The summed E-state index contributed by atoms with van der Waals surface area (Å²) >= 11 is 1.55. The predicted octanol–water partition coefficient (Wildman–Crippen LogP) is 3.96. The standard InChI is InChI=1S/C20H22N2O2S/c1-13-21-19-18(20(23)22(13)9-10-24-2)17(12-25-19)16-8-7-14-5-3-4-6-15(14)11-16/h7-8,11-12H,3-6,9-10H2,1-2H3. The van der Waals surface area contributed by atoms with Gasteiger partial charge in [-0.15, -0.1) is 11.3 Å². The van der Waals surface area contributed by atoms with Gasteiger partial charge in [-0.1, -0.05) is 18.2 Å². The quantitative estimate of drug-likeness (QED) is 0.712. The largest absolute Gasteiger partial charge is 0.383 e. The van der Waals surface area contributed by atoms with Gasteiger partial charge in [0.2, 0.25) is 0 Å². The SMILES string of the molecule is COCCn1c(C)nc2scc(-c3ccc4c(c3)CCCC4)c2c1=O. The number of aryl methyl sites for hydroxylation is 3. The molecule has 5 heteroatoms.